The summed E-state index contributed by atoms with van der Waals surface area (Å²) < 4.78 is 24.4. The summed E-state index contributed by atoms with van der Waals surface area (Å²) >= 11 is 5.90. The molecule has 4 nitrogen and oxygen atoms in total. The first-order chi connectivity index (χ1) is 12.5. The van der Waals surface area contributed by atoms with Crippen molar-refractivity contribution in [3.8, 4) is 11.5 Å². The average molecular weight is 372 g/mol. The maximum absolute atomic E-state index is 13.7. The summed E-state index contributed by atoms with van der Waals surface area (Å²) in [5.74, 6) is -0.116. The Labute approximate surface area is 154 Å². The first kappa shape index (κ1) is 17.9. The van der Waals surface area contributed by atoms with E-state index in [9.17, 15) is 9.18 Å². The summed E-state index contributed by atoms with van der Waals surface area (Å²) in [6, 6.07) is 13.7. The van der Waals surface area contributed by atoms with Gasteiger partial charge >= 0.3 is 5.97 Å². The van der Waals surface area contributed by atoms with Crippen molar-refractivity contribution in [1.29, 1.82) is 0 Å². The number of rotatable bonds is 5. The fraction of sp³-hybridized carbons (Fsp3) is 0.100. The number of halogens is 2. The second-order valence-electron chi connectivity index (χ2n) is 5.46. The van der Waals surface area contributed by atoms with Crippen molar-refractivity contribution in [2.45, 2.75) is 13.5 Å². The van der Waals surface area contributed by atoms with Crippen molar-refractivity contribution in [2.75, 3.05) is 0 Å². The summed E-state index contributed by atoms with van der Waals surface area (Å²) in [4.78, 5) is 16.2. The molecule has 3 aromatic rings. The van der Waals surface area contributed by atoms with Gasteiger partial charge in [0.2, 0.25) is 5.89 Å². The maximum Gasteiger partial charge on any atom is 0.331 e. The molecule has 0 atom stereocenters. The summed E-state index contributed by atoms with van der Waals surface area (Å²) in [5, 5.41) is 0.217. The lowest BCUT2D eigenvalue weighted by Gasteiger charge is -2.01. The number of carbonyl (C=O) groups is 1. The predicted molar refractivity (Wildman–Crippen MR) is 96.9 cm³/mol. The van der Waals surface area contributed by atoms with Gasteiger partial charge in [-0.3, -0.25) is 0 Å². The van der Waals surface area contributed by atoms with Gasteiger partial charge in [-0.15, -0.1) is 0 Å². The molecule has 1 aromatic heterocycles. The van der Waals surface area contributed by atoms with Crippen LogP contribution in [-0.2, 0) is 16.1 Å². The smallest absolute Gasteiger partial charge is 0.331 e. The Balaban J connectivity index is 1.65. The van der Waals surface area contributed by atoms with Gasteiger partial charge in [0, 0.05) is 17.2 Å². The third-order valence-electron chi connectivity index (χ3n) is 3.65. The lowest BCUT2D eigenvalue weighted by Crippen LogP contribution is -2.02. The fourth-order valence-corrected chi connectivity index (χ4v) is 2.50. The fourth-order valence-electron chi connectivity index (χ4n) is 2.28. The van der Waals surface area contributed by atoms with Crippen LogP contribution in [0.15, 0.2) is 59.0 Å². The van der Waals surface area contributed by atoms with Crippen molar-refractivity contribution >= 4 is 23.6 Å². The molecule has 132 valence electrons. The van der Waals surface area contributed by atoms with Gasteiger partial charge < -0.3 is 9.15 Å². The first-order valence-electron chi connectivity index (χ1n) is 7.85. The highest BCUT2D eigenvalue weighted by Crippen LogP contribution is 2.22. The number of ether oxygens (including phenoxy) is 1. The Kier molecular flexibility index (Phi) is 5.49. The highest BCUT2D eigenvalue weighted by atomic mass is 35.5. The van der Waals surface area contributed by atoms with Gasteiger partial charge in [0.25, 0.3) is 0 Å². The van der Waals surface area contributed by atoms with Crippen molar-refractivity contribution in [2.24, 2.45) is 0 Å². The van der Waals surface area contributed by atoms with E-state index in [2.05, 4.69) is 4.98 Å². The standard InChI is InChI=1S/C20H15ClFNO3/c1-13-18(23-20(26-13)14-6-3-2-4-7-14)12-25-19(24)11-10-15-16(21)8-5-9-17(15)22/h2-11H,12H2,1H3/b11-10+. The number of carbonyl (C=O) groups excluding carboxylic acids is 1. The Hall–Kier alpha value is -2.92. The number of nitrogens with zero attached hydrogens (tertiary/aromatic N) is 1. The van der Waals surface area contributed by atoms with Crippen LogP contribution in [0, 0.1) is 12.7 Å². The highest BCUT2D eigenvalue weighted by molar-refractivity contribution is 6.32. The van der Waals surface area contributed by atoms with Gasteiger partial charge in [-0.25, -0.2) is 14.2 Å². The SMILES string of the molecule is Cc1oc(-c2ccccc2)nc1COC(=O)/C=C/c1c(F)cccc1Cl. The molecule has 0 bridgehead atoms. The van der Waals surface area contributed by atoms with E-state index < -0.39 is 11.8 Å². The molecule has 0 unspecified atom stereocenters. The highest BCUT2D eigenvalue weighted by Gasteiger charge is 2.12. The third-order valence-corrected chi connectivity index (χ3v) is 3.98. The zero-order valence-corrected chi connectivity index (χ0v) is 14.7. The number of hydrogen-bond donors (Lipinski definition) is 0. The molecule has 26 heavy (non-hydrogen) atoms. The molecule has 0 radical (unpaired) electrons. The van der Waals surface area contributed by atoms with Crippen molar-refractivity contribution < 1.29 is 18.3 Å². The summed E-state index contributed by atoms with van der Waals surface area (Å²) in [7, 11) is 0. The Morgan fingerprint density at radius 1 is 1.23 bits per heavy atom. The van der Waals surface area contributed by atoms with Crippen LogP contribution in [0.5, 0.6) is 0 Å². The number of esters is 1. The molecule has 0 saturated heterocycles. The number of oxazole rings is 1. The van der Waals surface area contributed by atoms with Gasteiger partial charge in [-0.1, -0.05) is 35.9 Å². The minimum atomic E-state index is -0.631. The summed E-state index contributed by atoms with van der Waals surface area (Å²) in [6.07, 6.45) is 2.41. The van der Waals surface area contributed by atoms with E-state index in [1.807, 2.05) is 30.3 Å². The van der Waals surface area contributed by atoms with Crippen LogP contribution >= 0.6 is 11.6 Å². The van der Waals surface area contributed by atoms with Gasteiger partial charge in [-0.2, -0.15) is 0 Å². The molecule has 2 aromatic carbocycles. The molecule has 0 aliphatic heterocycles. The molecule has 0 fully saturated rings. The average Bonchev–Trinajstić information content (AvgIpc) is 3.01. The van der Waals surface area contributed by atoms with Gasteiger partial charge in [0.15, 0.2) is 0 Å². The van der Waals surface area contributed by atoms with Crippen molar-refractivity contribution in [3.05, 3.63) is 82.5 Å². The second-order valence-corrected chi connectivity index (χ2v) is 5.87. The molecule has 0 aliphatic carbocycles. The molecular weight excluding hydrogens is 357 g/mol. The van der Waals surface area contributed by atoms with Crippen LogP contribution in [0.1, 0.15) is 17.0 Å². The molecular formula is C20H15ClFNO3. The van der Waals surface area contributed by atoms with Crippen LogP contribution in [0.25, 0.3) is 17.5 Å². The molecule has 0 spiro atoms. The van der Waals surface area contributed by atoms with Crippen molar-refractivity contribution in [3.63, 3.8) is 0 Å². The van der Waals surface area contributed by atoms with E-state index >= 15 is 0 Å². The minimum Gasteiger partial charge on any atom is -0.456 e. The number of benzene rings is 2. The van der Waals surface area contributed by atoms with Crippen LogP contribution in [0.3, 0.4) is 0 Å². The van der Waals surface area contributed by atoms with E-state index in [-0.39, 0.29) is 17.2 Å². The van der Waals surface area contributed by atoms with Gasteiger partial charge in [0.05, 0.1) is 5.02 Å². The molecule has 0 aliphatic rings. The van der Waals surface area contributed by atoms with Gasteiger partial charge in [-0.05, 0) is 37.3 Å². The van der Waals surface area contributed by atoms with Crippen LogP contribution in [-0.4, -0.2) is 11.0 Å². The van der Waals surface area contributed by atoms with E-state index in [1.54, 1.807) is 13.0 Å². The van der Waals surface area contributed by atoms with E-state index in [0.29, 0.717) is 17.3 Å². The maximum atomic E-state index is 13.7. The number of aryl methyl sites for hydroxylation is 1. The topological polar surface area (TPSA) is 52.3 Å². The van der Waals surface area contributed by atoms with Crippen molar-refractivity contribution in [1.82, 2.24) is 4.98 Å². The predicted octanol–water partition coefficient (Wildman–Crippen LogP) is 5.20. The number of aromatic nitrogens is 1. The van der Waals surface area contributed by atoms with E-state index in [4.69, 9.17) is 20.8 Å². The lowest BCUT2D eigenvalue weighted by molar-refractivity contribution is -0.139. The quantitative estimate of drug-likeness (QED) is 0.457. The third kappa shape index (κ3) is 4.18. The zero-order valence-electron chi connectivity index (χ0n) is 13.9. The minimum absolute atomic E-state index is 0.0453. The second kappa shape index (κ2) is 7.97. The number of hydrogen-bond acceptors (Lipinski definition) is 4. The molecule has 0 N–H and O–H groups in total. The largest absolute Gasteiger partial charge is 0.456 e. The molecule has 6 heteroatoms. The Morgan fingerprint density at radius 2 is 2.00 bits per heavy atom. The summed E-state index contributed by atoms with van der Waals surface area (Å²) in [5.41, 5.74) is 1.49. The van der Waals surface area contributed by atoms with E-state index in [1.165, 1.54) is 18.2 Å². The van der Waals surface area contributed by atoms with Crippen LogP contribution < -0.4 is 0 Å². The zero-order chi connectivity index (χ0) is 18.5. The molecule has 0 amide bonds. The van der Waals surface area contributed by atoms with Crippen LogP contribution in [0.4, 0.5) is 4.39 Å². The molecule has 3 rings (SSSR count). The Bertz CT molecular complexity index is 931. The lowest BCUT2D eigenvalue weighted by atomic mass is 10.2. The van der Waals surface area contributed by atoms with E-state index in [0.717, 1.165) is 11.6 Å². The molecule has 1 heterocycles. The normalized spacial score (nSPS) is 11.0. The van der Waals surface area contributed by atoms with Gasteiger partial charge in [0.1, 0.15) is 23.9 Å². The monoisotopic (exact) mass is 371 g/mol. The van der Waals surface area contributed by atoms with Crippen LogP contribution in [0.2, 0.25) is 5.02 Å². The summed E-state index contributed by atoms with van der Waals surface area (Å²) in [6.45, 7) is 1.70. The first-order valence-corrected chi connectivity index (χ1v) is 8.23. The Morgan fingerprint density at radius 3 is 2.73 bits per heavy atom. The molecule has 0 saturated carbocycles.